The Labute approximate surface area is 111 Å². The number of carboxylic acid groups (broad SMARTS) is 1. The first-order chi connectivity index (χ1) is 8.72. The highest BCUT2D eigenvalue weighted by Gasteiger charge is 2.34. The van der Waals surface area contributed by atoms with Crippen LogP contribution in [-0.4, -0.2) is 34.6 Å². The molecular weight excluding hydrogens is 226 g/mol. The zero-order chi connectivity index (χ0) is 13.0. The third-order valence-electron chi connectivity index (χ3n) is 4.93. The Kier molecular flexibility index (Phi) is 5.04. The predicted octanol–water partition coefficient (Wildman–Crippen LogP) is 3.28. The van der Waals surface area contributed by atoms with Gasteiger partial charge in [-0.25, -0.2) is 0 Å². The number of nitrogens with zero attached hydrogens (tertiary/aromatic N) is 1. The molecule has 1 N–H and O–H groups in total. The quantitative estimate of drug-likeness (QED) is 0.785. The van der Waals surface area contributed by atoms with Gasteiger partial charge in [-0.05, 0) is 44.6 Å². The molecule has 0 aromatic carbocycles. The molecule has 0 aromatic rings. The number of likely N-dealkylation sites (tertiary alicyclic amines) is 1. The van der Waals surface area contributed by atoms with Gasteiger partial charge in [-0.2, -0.15) is 0 Å². The van der Waals surface area contributed by atoms with Crippen LogP contribution in [0, 0.1) is 5.92 Å². The van der Waals surface area contributed by atoms with Gasteiger partial charge < -0.3 is 5.11 Å². The van der Waals surface area contributed by atoms with Crippen molar-refractivity contribution in [2.45, 2.75) is 76.8 Å². The summed E-state index contributed by atoms with van der Waals surface area (Å²) in [7, 11) is 0. The van der Waals surface area contributed by atoms with Crippen LogP contribution in [0.15, 0.2) is 0 Å². The molecule has 0 spiro atoms. The smallest absolute Gasteiger partial charge is 0.320 e. The fourth-order valence-electron chi connectivity index (χ4n) is 3.75. The maximum Gasteiger partial charge on any atom is 0.320 e. The maximum absolute atomic E-state index is 11.4. The lowest BCUT2D eigenvalue weighted by molar-refractivity contribution is -0.146. The molecule has 0 bridgehead atoms. The molecule has 0 amide bonds. The van der Waals surface area contributed by atoms with Gasteiger partial charge in [0.1, 0.15) is 6.04 Å². The van der Waals surface area contributed by atoms with E-state index in [1.54, 1.807) is 0 Å². The fourth-order valence-corrected chi connectivity index (χ4v) is 3.75. The van der Waals surface area contributed by atoms with Crippen molar-refractivity contribution in [3.05, 3.63) is 0 Å². The molecule has 3 nitrogen and oxygen atoms in total. The Morgan fingerprint density at radius 1 is 1.11 bits per heavy atom. The van der Waals surface area contributed by atoms with Crippen LogP contribution in [0.1, 0.15) is 64.7 Å². The number of aliphatic carboxylic acids is 1. The van der Waals surface area contributed by atoms with E-state index in [0.29, 0.717) is 6.04 Å². The summed E-state index contributed by atoms with van der Waals surface area (Å²) in [5.74, 6) is 0.272. The van der Waals surface area contributed by atoms with Gasteiger partial charge in [0.05, 0.1) is 0 Å². The Morgan fingerprint density at radius 2 is 1.94 bits per heavy atom. The van der Waals surface area contributed by atoms with E-state index in [-0.39, 0.29) is 6.04 Å². The minimum Gasteiger partial charge on any atom is -0.480 e. The van der Waals surface area contributed by atoms with Crippen molar-refractivity contribution in [3.63, 3.8) is 0 Å². The molecule has 0 radical (unpaired) electrons. The summed E-state index contributed by atoms with van der Waals surface area (Å²) in [6.45, 7) is 3.28. The van der Waals surface area contributed by atoms with Gasteiger partial charge in [0.15, 0.2) is 0 Å². The summed E-state index contributed by atoms with van der Waals surface area (Å²) in [5, 5.41) is 9.37. The van der Waals surface area contributed by atoms with Gasteiger partial charge in [0.25, 0.3) is 0 Å². The van der Waals surface area contributed by atoms with Crippen LogP contribution in [-0.2, 0) is 4.79 Å². The van der Waals surface area contributed by atoms with Crippen molar-refractivity contribution >= 4 is 5.97 Å². The lowest BCUT2D eigenvalue weighted by atomic mass is 9.95. The van der Waals surface area contributed by atoms with Crippen LogP contribution >= 0.6 is 0 Å². The van der Waals surface area contributed by atoms with Crippen molar-refractivity contribution in [2.75, 3.05) is 6.54 Å². The van der Waals surface area contributed by atoms with Crippen LogP contribution in [0.5, 0.6) is 0 Å². The maximum atomic E-state index is 11.4. The summed E-state index contributed by atoms with van der Waals surface area (Å²) in [5.41, 5.74) is 0. The number of hydrogen-bond donors (Lipinski definition) is 1. The number of carbonyl (C=O) groups is 1. The molecule has 2 rings (SSSR count). The van der Waals surface area contributed by atoms with Crippen LogP contribution in [0.2, 0.25) is 0 Å². The topological polar surface area (TPSA) is 40.5 Å². The molecule has 18 heavy (non-hydrogen) atoms. The van der Waals surface area contributed by atoms with Gasteiger partial charge in [-0.3, -0.25) is 9.69 Å². The summed E-state index contributed by atoms with van der Waals surface area (Å²) in [6, 6.07) is 0.324. The van der Waals surface area contributed by atoms with E-state index in [9.17, 15) is 9.90 Å². The molecule has 104 valence electrons. The molecule has 1 heterocycles. The molecule has 1 saturated carbocycles. The van der Waals surface area contributed by atoms with Gasteiger partial charge in [-0.15, -0.1) is 0 Å². The highest BCUT2D eigenvalue weighted by atomic mass is 16.4. The van der Waals surface area contributed by atoms with Gasteiger partial charge in [0, 0.05) is 6.04 Å². The number of rotatable bonds is 3. The molecular formula is C15H27NO2. The van der Waals surface area contributed by atoms with E-state index in [4.69, 9.17) is 0 Å². The summed E-state index contributed by atoms with van der Waals surface area (Å²) in [4.78, 5) is 13.7. The zero-order valence-electron chi connectivity index (χ0n) is 11.6. The molecule has 3 unspecified atom stereocenters. The minimum atomic E-state index is -0.606. The monoisotopic (exact) mass is 253 g/mol. The van der Waals surface area contributed by atoms with Crippen LogP contribution in [0.25, 0.3) is 0 Å². The number of piperidine rings is 1. The first-order valence-corrected chi connectivity index (χ1v) is 7.71. The van der Waals surface area contributed by atoms with Crippen molar-refractivity contribution in [1.82, 2.24) is 4.90 Å². The molecule has 1 aliphatic carbocycles. The van der Waals surface area contributed by atoms with E-state index in [2.05, 4.69) is 11.8 Å². The van der Waals surface area contributed by atoms with Crippen LogP contribution in [0.4, 0.5) is 0 Å². The fraction of sp³-hybridized carbons (Fsp3) is 0.933. The second kappa shape index (κ2) is 6.55. The highest BCUT2D eigenvalue weighted by molar-refractivity contribution is 5.73. The predicted molar refractivity (Wildman–Crippen MR) is 72.6 cm³/mol. The summed E-state index contributed by atoms with van der Waals surface area (Å²) >= 11 is 0. The molecule has 1 saturated heterocycles. The van der Waals surface area contributed by atoms with Gasteiger partial charge >= 0.3 is 5.97 Å². The van der Waals surface area contributed by atoms with Crippen molar-refractivity contribution in [1.29, 1.82) is 0 Å². The average molecular weight is 253 g/mol. The Morgan fingerprint density at radius 3 is 2.67 bits per heavy atom. The summed E-state index contributed by atoms with van der Waals surface area (Å²) in [6.07, 6.45) is 10.7. The van der Waals surface area contributed by atoms with E-state index >= 15 is 0 Å². The minimum absolute atomic E-state index is 0.207. The molecule has 3 atom stereocenters. The molecule has 1 aliphatic heterocycles. The van der Waals surface area contributed by atoms with Crippen LogP contribution in [0.3, 0.4) is 0 Å². The zero-order valence-corrected chi connectivity index (χ0v) is 11.6. The standard InChI is InChI=1S/C15H27NO2/c1-2-12-6-5-7-13(10-9-12)16-11-4-3-8-14(16)15(17)18/h12-14H,2-11H2,1H3,(H,17,18). The van der Waals surface area contributed by atoms with Gasteiger partial charge in [-0.1, -0.05) is 32.6 Å². The van der Waals surface area contributed by atoms with Crippen LogP contribution < -0.4 is 0 Å². The Hall–Kier alpha value is -0.570. The van der Waals surface area contributed by atoms with E-state index in [1.165, 1.54) is 44.9 Å². The Balaban J connectivity index is 1.97. The molecule has 2 fully saturated rings. The normalized spacial score (nSPS) is 35.1. The van der Waals surface area contributed by atoms with E-state index in [0.717, 1.165) is 25.3 Å². The first kappa shape index (κ1) is 13.9. The SMILES string of the molecule is CCC1CCCC(N2CCCCC2C(=O)O)CC1. The number of hydrogen-bond acceptors (Lipinski definition) is 2. The summed E-state index contributed by atoms with van der Waals surface area (Å²) < 4.78 is 0. The lowest BCUT2D eigenvalue weighted by Gasteiger charge is -2.39. The first-order valence-electron chi connectivity index (χ1n) is 7.71. The highest BCUT2D eigenvalue weighted by Crippen LogP contribution is 2.31. The molecule has 0 aromatic heterocycles. The van der Waals surface area contributed by atoms with E-state index in [1.807, 2.05) is 0 Å². The lowest BCUT2D eigenvalue weighted by Crippen LogP contribution is -2.49. The van der Waals surface area contributed by atoms with Crippen molar-refractivity contribution < 1.29 is 9.90 Å². The van der Waals surface area contributed by atoms with Crippen molar-refractivity contribution in [3.8, 4) is 0 Å². The number of carboxylic acids is 1. The average Bonchev–Trinajstić information content (AvgIpc) is 2.63. The third kappa shape index (κ3) is 3.25. The third-order valence-corrected chi connectivity index (χ3v) is 4.93. The molecule has 3 heteroatoms. The second-order valence-electron chi connectivity index (χ2n) is 6.02. The molecule has 2 aliphatic rings. The van der Waals surface area contributed by atoms with E-state index < -0.39 is 5.97 Å². The Bertz CT molecular complexity index is 280. The second-order valence-corrected chi connectivity index (χ2v) is 6.02. The largest absolute Gasteiger partial charge is 0.480 e. The van der Waals surface area contributed by atoms with Gasteiger partial charge in [0.2, 0.25) is 0 Å². The van der Waals surface area contributed by atoms with Crippen molar-refractivity contribution in [2.24, 2.45) is 5.92 Å².